The maximum Gasteiger partial charge on any atom is 0.290 e. The van der Waals surface area contributed by atoms with Crippen LogP contribution in [0.5, 0.6) is 0 Å². The molecular weight excluding hydrogens is 328 g/mol. The lowest BCUT2D eigenvalue weighted by atomic mass is 10.2. The van der Waals surface area contributed by atoms with Crippen LogP contribution in [-0.2, 0) is 6.54 Å². The number of rotatable bonds is 6. The predicted molar refractivity (Wildman–Crippen MR) is 100 cm³/mol. The number of nitrogens with one attached hydrogen (secondary N) is 1. The number of carbonyl (C=O) groups excluding carboxylic acids is 2. The lowest BCUT2D eigenvalue weighted by molar-refractivity contribution is 0.0760. The van der Waals surface area contributed by atoms with Gasteiger partial charge in [-0.1, -0.05) is 36.4 Å². The minimum Gasteiger partial charge on any atom is -0.347 e. The van der Waals surface area contributed by atoms with Crippen LogP contribution in [0.15, 0.2) is 54.7 Å². The summed E-state index contributed by atoms with van der Waals surface area (Å²) in [5.74, 6) is -0.219. The highest BCUT2D eigenvalue weighted by atomic mass is 16.2. The van der Waals surface area contributed by atoms with E-state index in [1.54, 1.807) is 21.6 Å². The molecule has 2 heterocycles. The first-order chi connectivity index (χ1) is 12.7. The van der Waals surface area contributed by atoms with Crippen molar-refractivity contribution in [1.82, 2.24) is 19.6 Å². The summed E-state index contributed by atoms with van der Waals surface area (Å²) >= 11 is 0. The van der Waals surface area contributed by atoms with Crippen molar-refractivity contribution < 1.29 is 9.59 Å². The molecule has 0 atom stereocenters. The monoisotopic (exact) mass is 350 g/mol. The molecule has 0 fully saturated rings. The Morgan fingerprint density at radius 1 is 1.04 bits per heavy atom. The van der Waals surface area contributed by atoms with Crippen LogP contribution in [-0.4, -0.2) is 39.2 Å². The van der Waals surface area contributed by atoms with Crippen LogP contribution < -0.4 is 5.32 Å². The number of fused-ring (bicyclic) bond motifs is 1. The summed E-state index contributed by atoms with van der Waals surface area (Å²) in [6.45, 7) is 5.43. The summed E-state index contributed by atoms with van der Waals surface area (Å²) < 4.78 is 1.68. The molecule has 0 aliphatic rings. The minimum absolute atomic E-state index is 0.182. The second-order valence-electron chi connectivity index (χ2n) is 5.89. The number of amides is 2. The Labute approximate surface area is 152 Å². The van der Waals surface area contributed by atoms with Gasteiger partial charge in [0.25, 0.3) is 11.8 Å². The van der Waals surface area contributed by atoms with Crippen molar-refractivity contribution in [1.29, 1.82) is 0 Å². The number of hydrogen-bond donors (Lipinski definition) is 1. The molecule has 2 aromatic heterocycles. The Balaban J connectivity index is 1.91. The zero-order valence-corrected chi connectivity index (χ0v) is 15.0. The summed E-state index contributed by atoms with van der Waals surface area (Å²) in [7, 11) is 0. The van der Waals surface area contributed by atoms with Gasteiger partial charge in [-0.15, -0.1) is 0 Å². The molecule has 2 amide bonds. The highest BCUT2D eigenvalue weighted by Gasteiger charge is 2.23. The first-order valence-electron chi connectivity index (χ1n) is 8.74. The first kappa shape index (κ1) is 17.7. The van der Waals surface area contributed by atoms with E-state index < -0.39 is 0 Å². The molecule has 0 saturated carbocycles. The van der Waals surface area contributed by atoms with Crippen molar-refractivity contribution in [2.24, 2.45) is 0 Å². The van der Waals surface area contributed by atoms with E-state index in [0.29, 0.717) is 25.2 Å². The van der Waals surface area contributed by atoms with E-state index in [2.05, 4.69) is 10.3 Å². The number of benzene rings is 1. The van der Waals surface area contributed by atoms with E-state index in [1.165, 1.54) is 0 Å². The maximum atomic E-state index is 12.7. The van der Waals surface area contributed by atoms with Crippen LogP contribution in [0.2, 0.25) is 0 Å². The fourth-order valence-corrected chi connectivity index (χ4v) is 2.87. The molecule has 6 nitrogen and oxygen atoms in total. The number of imidazole rings is 1. The zero-order valence-electron chi connectivity index (χ0n) is 15.0. The van der Waals surface area contributed by atoms with Crippen LogP contribution in [0.4, 0.5) is 0 Å². The number of nitrogens with zero attached hydrogens (tertiary/aromatic N) is 3. The first-order valence-corrected chi connectivity index (χ1v) is 8.74. The van der Waals surface area contributed by atoms with Gasteiger partial charge >= 0.3 is 0 Å². The van der Waals surface area contributed by atoms with Crippen molar-refractivity contribution in [3.05, 3.63) is 71.8 Å². The molecule has 26 heavy (non-hydrogen) atoms. The van der Waals surface area contributed by atoms with E-state index in [1.807, 2.05) is 56.3 Å². The van der Waals surface area contributed by atoms with Gasteiger partial charge in [0.1, 0.15) is 0 Å². The average molecular weight is 350 g/mol. The molecule has 134 valence electrons. The van der Waals surface area contributed by atoms with Gasteiger partial charge in [0.15, 0.2) is 5.69 Å². The van der Waals surface area contributed by atoms with Gasteiger partial charge in [-0.05, 0) is 31.5 Å². The molecule has 0 bridgehead atoms. The fraction of sp³-hybridized carbons (Fsp3) is 0.250. The third kappa shape index (κ3) is 3.44. The normalized spacial score (nSPS) is 10.7. The topological polar surface area (TPSA) is 66.7 Å². The summed E-state index contributed by atoms with van der Waals surface area (Å²) in [5, 5.41) is 2.88. The molecule has 0 spiro atoms. The van der Waals surface area contributed by atoms with E-state index >= 15 is 0 Å². The van der Waals surface area contributed by atoms with Crippen molar-refractivity contribution in [3.63, 3.8) is 0 Å². The molecule has 1 aromatic carbocycles. The van der Waals surface area contributed by atoms with Gasteiger partial charge < -0.3 is 10.2 Å². The molecule has 3 aromatic rings. The SMILES string of the molecule is CCN(CC)C(=O)c1nc(C(=O)NCc2ccccc2)c2ccccn12. The molecule has 0 radical (unpaired) electrons. The molecule has 1 N–H and O–H groups in total. The Morgan fingerprint density at radius 3 is 2.42 bits per heavy atom. The second kappa shape index (κ2) is 7.82. The summed E-state index contributed by atoms with van der Waals surface area (Å²) in [6.07, 6.45) is 1.76. The molecular formula is C20H22N4O2. The minimum atomic E-state index is -0.295. The summed E-state index contributed by atoms with van der Waals surface area (Å²) in [4.78, 5) is 31.5. The third-order valence-electron chi connectivity index (χ3n) is 4.30. The van der Waals surface area contributed by atoms with Crippen LogP contribution in [0.3, 0.4) is 0 Å². The lowest BCUT2D eigenvalue weighted by Gasteiger charge is -2.17. The quantitative estimate of drug-likeness (QED) is 0.743. The van der Waals surface area contributed by atoms with E-state index in [4.69, 9.17) is 0 Å². The summed E-state index contributed by atoms with van der Waals surface area (Å²) in [6, 6.07) is 15.1. The average Bonchev–Trinajstić information content (AvgIpc) is 3.07. The van der Waals surface area contributed by atoms with E-state index in [-0.39, 0.29) is 23.3 Å². The maximum absolute atomic E-state index is 12.7. The number of aromatic nitrogens is 2. The van der Waals surface area contributed by atoms with Gasteiger partial charge in [-0.25, -0.2) is 4.98 Å². The van der Waals surface area contributed by atoms with Gasteiger partial charge in [0.05, 0.1) is 5.52 Å². The molecule has 0 aliphatic heterocycles. The van der Waals surface area contributed by atoms with Gasteiger partial charge in [0.2, 0.25) is 5.82 Å². The fourth-order valence-electron chi connectivity index (χ4n) is 2.87. The second-order valence-corrected chi connectivity index (χ2v) is 5.89. The van der Waals surface area contributed by atoms with Crippen LogP contribution >= 0.6 is 0 Å². The summed E-state index contributed by atoms with van der Waals surface area (Å²) in [5.41, 5.74) is 1.88. The Kier molecular flexibility index (Phi) is 5.31. The Bertz CT molecular complexity index is 914. The molecule has 0 aliphatic carbocycles. The molecule has 3 rings (SSSR count). The Hall–Kier alpha value is -3.15. The van der Waals surface area contributed by atoms with E-state index in [9.17, 15) is 9.59 Å². The third-order valence-corrected chi connectivity index (χ3v) is 4.30. The molecule has 6 heteroatoms. The largest absolute Gasteiger partial charge is 0.347 e. The molecule has 0 unspecified atom stereocenters. The number of pyridine rings is 1. The predicted octanol–water partition coefficient (Wildman–Crippen LogP) is 2.75. The highest BCUT2D eigenvalue weighted by Crippen LogP contribution is 2.15. The van der Waals surface area contributed by atoms with Crippen molar-refractivity contribution in [2.75, 3.05) is 13.1 Å². The molecule has 0 saturated heterocycles. The van der Waals surface area contributed by atoms with Gasteiger partial charge in [-0.2, -0.15) is 0 Å². The van der Waals surface area contributed by atoms with E-state index in [0.717, 1.165) is 5.56 Å². The smallest absolute Gasteiger partial charge is 0.290 e. The van der Waals surface area contributed by atoms with Crippen molar-refractivity contribution >= 4 is 17.3 Å². The van der Waals surface area contributed by atoms with Crippen molar-refractivity contribution in [3.8, 4) is 0 Å². The van der Waals surface area contributed by atoms with Crippen LogP contribution in [0.25, 0.3) is 5.52 Å². The Morgan fingerprint density at radius 2 is 1.73 bits per heavy atom. The number of hydrogen-bond acceptors (Lipinski definition) is 3. The van der Waals surface area contributed by atoms with Crippen molar-refractivity contribution in [2.45, 2.75) is 20.4 Å². The van der Waals surface area contributed by atoms with Gasteiger partial charge in [-0.3, -0.25) is 14.0 Å². The number of carbonyl (C=O) groups is 2. The zero-order chi connectivity index (χ0) is 18.5. The highest BCUT2D eigenvalue weighted by molar-refractivity contribution is 6.02. The van der Waals surface area contributed by atoms with Crippen LogP contribution in [0.1, 0.15) is 40.5 Å². The van der Waals surface area contributed by atoms with Gasteiger partial charge in [0, 0.05) is 25.8 Å². The van der Waals surface area contributed by atoms with Crippen LogP contribution in [0, 0.1) is 0 Å². The lowest BCUT2D eigenvalue weighted by Crippen LogP contribution is -2.32. The standard InChI is InChI=1S/C20H22N4O2/c1-3-23(4-2)20(26)18-22-17(16-12-8-9-13-24(16)18)19(25)21-14-15-10-6-5-7-11-15/h5-13H,3-4,14H2,1-2H3,(H,21,25).